The number of piperidine rings is 1. The normalized spacial score (nSPS) is 16.5. The summed E-state index contributed by atoms with van der Waals surface area (Å²) in [6.45, 7) is 2.70. The highest BCUT2D eigenvalue weighted by Crippen LogP contribution is 2.23. The SMILES string of the molecule is O=c1cc(CN2CCC(Cc3cccc(F)c3)CC2)nc2sccn12. The Hall–Kier alpha value is -2.05. The molecule has 1 aliphatic heterocycles. The zero-order valence-electron chi connectivity index (χ0n) is 13.9. The van der Waals surface area contributed by atoms with Gasteiger partial charge in [0.1, 0.15) is 5.82 Å². The molecular weight excluding hydrogens is 337 g/mol. The summed E-state index contributed by atoms with van der Waals surface area (Å²) in [6, 6.07) is 8.55. The van der Waals surface area contributed by atoms with Gasteiger partial charge in [-0.05, 0) is 56.0 Å². The molecule has 4 rings (SSSR count). The maximum Gasteiger partial charge on any atom is 0.258 e. The Balaban J connectivity index is 1.36. The maximum atomic E-state index is 13.3. The van der Waals surface area contributed by atoms with E-state index in [1.165, 1.54) is 17.4 Å². The van der Waals surface area contributed by atoms with Crippen LogP contribution in [-0.4, -0.2) is 27.4 Å². The van der Waals surface area contributed by atoms with Gasteiger partial charge in [0, 0.05) is 24.2 Å². The number of nitrogens with zero attached hydrogens (tertiary/aromatic N) is 3. The Morgan fingerprint density at radius 2 is 2.08 bits per heavy atom. The number of hydrogen-bond donors (Lipinski definition) is 0. The lowest BCUT2D eigenvalue weighted by molar-refractivity contribution is 0.175. The fraction of sp³-hybridized carbons (Fsp3) is 0.368. The Labute approximate surface area is 149 Å². The van der Waals surface area contributed by atoms with Crippen molar-refractivity contribution in [1.29, 1.82) is 0 Å². The number of thiazole rings is 1. The van der Waals surface area contributed by atoms with E-state index in [2.05, 4.69) is 9.88 Å². The maximum absolute atomic E-state index is 13.3. The summed E-state index contributed by atoms with van der Waals surface area (Å²) in [5.41, 5.74) is 1.91. The molecule has 2 aromatic heterocycles. The fourth-order valence-electron chi connectivity index (χ4n) is 3.54. The molecule has 3 heterocycles. The van der Waals surface area contributed by atoms with Gasteiger partial charge in [0.15, 0.2) is 4.96 Å². The van der Waals surface area contributed by atoms with Crippen molar-refractivity contribution < 1.29 is 4.39 Å². The number of likely N-dealkylation sites (tertiary alicyclic amines) is 1. The molecule has 0 spiro atoms. The second-order valence-electron chi connectivity index (χ2n) is 6.69. The molecule has 1 fully saturated rings. The molecule has 25 heavy (non-hydrogen) atoms. The Bertz CT molecular complexity index is 928. The van der Waals surface area contributed by atoms with E-state index in [4.69, 9.17) is 0 Å². The molecule has 3 aromatic rings. The largest absolute Gasteiger partial charge is 0.297 e. The molecule has 130 valence electrons. The molecule has 4 nitrogen and oxygen atoms in total. The minimum Gasteiger partial charge on any atom is -0.297 e. The monoisotopic (exact) mass is 357 g/mol. The molecule has 0 atom stereocenters. The van der Waals surface area contributed by atoms with Crippen molar-refractivity contribution in [2.75, 3.05) is 13.1 Å². The van der Waals surface area contributed by atoms with Crippen LogP contribution in [0.5, 0.6) is 0 Å². The Morgan fingerprint density at radius 3 is 2.88 bits per heavy atom. The minimum atomic E-state index is -0.156. The van der Waals surface area contributed by atoms with Gasteiger partial charge in [-0.2, -0.15) is 0 Å². The van der Waals surface area contributed by atoms with Crippen LogP contribution in [0.15, 0.2) is 46.7 Å². The van der Waals surface area contributed by atoms with Crippen molar-refractivity contribution in [3.8, 4) is 0 Å². The summed E-state index contributed by atoms with van der Waals surface area (Å²) in [5.74, 6) is 0.438. The molecule has 0 saturated carbocycles. The highest BCUT2D eigenvalue weighted by Gasteiger charge is 2.20. The van der Waals surface area contributed by atoms with E-state index in [1.807, 2.05) is 11.4 Å². The van der Waals surface area contributed by atoms with E-state index in [0.717, 1.165) is 55.1 Å². The Kier molecular flexibility index (Phi) is 4.63. The molecule has 0 aliphatic carbocycles. The van der Waals surface area contributed by atoms with Gasteiger partial charge < -0.3 is 0 Å². The van der Waals surface area contributed by atoms with E-state index in [0.29, 0.717) is 5.92 Å². The quantitative estimate of drug-likeness (QED) is 0.719. The van der Waals surface area contributed by atoms with Crippen LogP contribution in [0.1, 0.15) is 24.1 Å². The van der Waals surface area contributed by atoms with Crippen molar-refractivity contribution in [3.05, 3.63) is 69.3 Å². The lowest BCUT2D eigenvalue weighted by atomic mass is 9.90. The molecule has 0 bridgehead atoms. The van der Waals surface area contributed by atoms with Crippen LogP contribution < -0.4 is 5.56 Å². The van der Waals surface area contributed by atoms with Gasteiger partial charge in [0.25, 0.3) is 5.56 Å². The molecule has 0 amide bonds. The zero-order chi connectivity index (χ0) is 17.2. The van der Waals surface area contributed by atoms with Crippen LogP contribution in [0.4, 0.5) is 4.39 Å². The first-order valence-electron chi connectivity index (χ1n) is 8.60. The summed E-state index contributed by atoms with van der Waals surface area (Å²) < 4.78 is 14.9. The minimum absolute atomic E-state index is 0.0118. The highest BCUT2D eigenvalue weighted by atomic mass is 32.1. The molecule has 0 unspecified atom stereocenters. The summed E-state index contributed by atoms with van der Waals surface area (Å²) in [7, 11) is 0. The molecule has 6 heteroatoms. The third kappa shape index (κ3) is 3.80. The fourth-order valence-corrected chi connectivity index (χ4v) is 4.28. The van der Waals surface area contributed by atoms with Crippen LogP contribution in [0, 0.1) is 11.7 Å². The van der Waals surface area contributed by atoms with Gasteiger partial charge in [-0.3, -0.25) is 14.1 Å². The second-order valence-corrected chi connectivity index (χ2v) is 7.57. The summed E-state index contributed by atoms with van der Waals surface area (Å²) in [4.78, 5) is 19.8. The molecule has 1 saturated heterocycles. The number of hydrogen-bond acceptors (Lipinski definition) is 4. The number of benzene rings is 1. The summed E-state index contributed by atoms with van der Waals surface area (Å²) in [6.07, 6.45) is 4.89. The number of fused-ring (bicyclic) bond motifs is 1. The average molecular weight is 357 g/mol. The third-order valence-electron chi connectivity index (χ3n) is 4.86. The van der Waals surface area contributed by atoms with E-state index in [9.17, 15) is 9.18 Å². The first-order valence-corrected chi connectivity index (χ1v) is 9.48. The van der Waals surface area contributed by atoms with Crippen LogP contribution in [0.2, 0.25) is 0 Å². The smallest absolute Gasteiger partial charge is 0.258 e. The number of rotatable bonds is 4. The predicted octanol–water partition coefficient (Wildman–Crippen LogP) is 3.35. The van der Waals surface area contributed by atoms with Crippen LogP contribution in [-0.2, 0) is 13.0 Å². The summed E-state index contributed by atoms with van der Waals surface area (Å²) in [5, 5.41) is 1.88. The lowest BCUT2D eigenvalue weighted by Crippen LogP contribution is -2.34. The van der Waals surface area contributed by atoms with Crippen LogP contribution >= 0.6 is 11.3 Å². The number of aromatic nitrogens is 2. The van der Waals surface area contributed by atoms with Crippen molar-refractivity contribution in [2.45, 2.75) is 25.8 Å². The van der Waals surface area contributed by atoms with Crippen molar-refractivity contribution >= 4 is 16.3 Å². The zero-order valence-corrected chi connectivity index (χ0v) is 14.7. The number of halogens is 1. The highest BCUT2D eigenvalue weighted by molar-refractivity contribution is 7.15. The third-order valence-corrected chi connectivity index (χ3v) is 5.62. The van der Waals surface area contributed by atoms with Gasteiger partial charge >= 0.3 is 0 Å². The second kappa shape index (κ2) is 7.06. The van der Waals surface area contributed by atoms with Gasteiger partial charge in [-0.25, -0.2) is 9.37 Å². The predicted molar refractivity (Wildman–Crippen MR) is 97.4 cm³/mol. The molecule has 0 N–H and O–H groups in total. The first kappa shape index (κ1) is 16.4. The first-order chi connectivity index (χ1) is 12.2. The topological polar surface area (TPSA) is 37.6 Å². The molecule has 1 aromatic carbocycles. The summed E-state index contributed by atoms with van der Waals surface area (Å²) >= 11 is 1.48. The van der Waals surface area contributed by atoms with Crippen molar-refractivity contribution in [3.63, 3.8) is 0 Å². The standard InChI is InChI=1S/C19H20FN3OS/c20-16-3-1-2-15(11-16)10-14-4-6-22(7-5-14)13-17-12-18(24)23-8-9-25-19(23)21-17/h1-3,8-9,11-12,14H,4-7,10,13H2. The molecular formula is C19H20FN3OS. The van der Waals surface area contributed by atoms with Gasteiger partial charge in [0.05, 0.1) is 5.69 Å². The van der Waals surface area contributed by atoms with Crippen molar-refractivity contribution in [2.24, 2.45) is 5.92 Å². The van der Waals surface area contributed by atoms with Crippen molar-refractivity contribution in [1.82, 2.24) is 14.3 Å². The average Bonchev–Trinajstić information content (AvgIpc) is 3.06. The van der Waals surface area contributed by atoms with E-state index in [1.54, 1.807) is 28.8 Å². The van der Waals surface area contributed by atoms with Gasteiger partial charge in [-0.1, -0.05) is 12.1 Å². The Morgan fingerprint density at radius 1 is 1.24 bits per heavy atom. The van der Waals surface area contributed by atoms with E-state index < -0.39 is 0 Å². The molecule has 0 radical (unpaired) electrons. The van der Waals surface area contributed by atoms with Gasteiger partial charge in [-0.15, -0.1) is 11.3 Å². The van der Waals surface area contributed by atoms with Crippen LogP contribution in [0.3, 0.4) is 0 Å². The van der Waals surface area contributed by atoms with E-state index >= 15 is 0 Å². The van der Waals surface area contributed by atoms with Crippen LogP contribution in [0.25, 0.3) is 4.96 Å². The van der Waals surface area contributed by atoms with Gasteiger partial charge in [0.2, 0.25) is 0 Å². The van der Waals surface area contributed by atoms with E-state index in [-0.39, 0.29) is 11.4 Å². The lowest BCUT2D eigenvalue weighted by Gasteiger charge is -2.31. The molecule has 1 aliphatic rings.